The lowest BCUT2D eigenvalue weighted by atomic mass is 10.1. The molecule has 2 aromatic rings. The van der Waals surface area contributed by atoms with Gasteiger partial charge in [0.05, 0.1) is 13.3 Å². The maximum absolute atomic E-state index is 12.2. The topological polar surface area (TPSA) is 84.0 Å². The van der Waals surface area contributed by atoms with E-state index < -0.39 is 0 Å². The van der Waals surface area contributed by atoms with Gasteiger partial charge in [-0.2, -0.15) is 5.10 Å². The number of hydrazone groups is 1. The molecule has 3 N–H and O–H groups in total. The molecular formula is C21H26N4O3S. The zero-order valence-electron chi connectivity index (χ0n) is 17.0. The number of aryl methyl sites for hydroxylation is 2. The van der Waals surface area contributed by atoms with E-state index in [9.17, 15) is 4.79 Å². The van der Waals surface area contributed by atoms with Crippen LogP contribution in [0.5, 0.6) is 11.5 Å². The van der Waals surface area contributed by atoms with E-state index in [0.717, 1.165) is 28.9 Å². The minimum absolute atomic E-state index is 0.129. The Bertz CT molecular complexity index is 899. The van der Waals surface area contributed by atoms with Gasteiger partial charge < -0.3 is 20.1 Å². The van der Waals surface area contributed by atoms with Crippen molar-refractivity contribution < 1.29 is 14.3 Å². The first-order valence-corrected chi connectivity index (χ1v) is 9.58. The fraction of sp³-hybridized carbons (Fsp3) is 0.286. The number of thiocarbonyl (C=S) groups is 1. The molecule has 0 spiro atoms. The van der Waals surface area contributed by atoms with Crippen LogP contribution in [0.4, 0.5) is 5.69 Å². The molecule has 0 radical (unpaired) electrons. The van der Waals surface area contributed by atoms with Gasteiger partial charge in [0.2, 0.25) is 0 Å². The maximum Gasteiger partial charge on any atom is 0.262 e. The summed E-state index contributed by atoms with van der Waals surface area (Å²) in [6.07, 6.45) is 1.61. The molecule has 0 aliphatic heterocycles. The number of carbonyl (C=O) groups excluding carboxylic acids is 1. The molecule has 0 unspecified atom stereocenters. The highest BCUT2D eigenvalue weighted by Gasteiger charge is 2.10. The quantitative estimate of drug-likeness (QED) is 0.350. The number of hydrogen-bond donors (Lipinski definition) is 3. The van der Waals surface area contributed by atoms with E-state index in [4.69, 9.17) is 21.7 Å². The van der Waals surface area contributed by atoms with Crippen LogP contribution in [0.1, 0.15) is 23.6 Å². The van der Waals surface area contributed by atoms with Crippen molar-refractivity contribution >= 4 is 35.1 Å². The summed E-state index contributed by atoms with van der Waals surface area (Å²) in [5, 5.41) is 10.3. The summed E-state index contributed by atoms with van der Waals surface area (Å²) in [7, 11) is 1.54. The van der Waals surface area contributed by atoms with Gasteiger partial charge in [-0.05, 0) is 68.4 Å². The van der Waals surface area contributed by atoms with Crippen LogP contribution in [0.3, 0.4) is 0 Å². The van der Waals surface area contributed by atoms with Gasteiger partial charge in [-0.15, -0.1) is 0 Å². The minimum Gasteiger partial charge on any atom is -0.493 e. The monoisotopic (exact) mass is 414 g/mol. The van der Waals surface area contributed by atoms with Gasteiger partial charge in [0, 0.05) is 12.2 Å². The van der Waals surface area contributed by atoms with Crippen molar-refractivity contribution in [3.63, 3.8) is 0 Å². The SMILES string of the molecule is CCNC(=S)N/N=C/c1ccc(OCC(=O)Nc2ccc(C)cc2C)c(OC)c1. The number of methoxy groups -OCH3 is 1. The van der Waals surface area contributed by atoms with Crippen LogP contribution in [-0.2, 0) is 4.79 Å². The summed E-state index contributed by atoms with van der Waals surface area (Å²) in [5.41, 5.74) is 6.43. The third-order valence-electron chi connectivity index (χ3n) is 3.92. The van der Waals surface area contributed by atoms with Crippen LogP contribution in [0, 0.1) is 13.8 Å². The predicted molar refractivity (Wildman–Crippen MR) is 120 cm³/mol. The molecule has 0 bridgehead atoms. The van der Waals surface area contributed by atoms with Gasteiger partial charge in [0.15, 0.2) is 23.2 Å². The van der Waals surface area contributed by atoms with Gasteiger partial charge >= 0.3 is 0 Å². The smallest absolute Gasteiger partial charge is 0.262 e. The lowest BCUT2D eigenvalue weighted by molar-refractivity contribution is -0.118. The maximum atomic E-state index is 12.2. The third-order valence-corrected chi connectivity index (χ3v) is 4.16. The number of rotatable bonds is 8. The number of carbonyl (C=O) groups is 1. The number of anilines is 1. The Morgan fingerprint density at radius 1 is 1.17 bits per heavy atom. The summed E-state index contributed by atoms with van der Waals surface area (Å²) >= 11 is 5.04. The largest absolute Gasteiger partial charge is 0.493 e. The standard InChI is InChI=1S/C21H26N4O3S/c1-5-22-21(29)25-23-12-16-7-9-18(19(11-16)27-4)28-13-20(26)24-17-8-6-14(2)10-15(17)3/h6-12H,5,13H2,1-4H3,(H,24,26)(H2,22,25,29)/b23-12+. The molecular weight excluding hydrogens is 388 g/mol. The first kappa shape index (κ1) is 22.2. The van der Waals surface area contributed by atoms with E-state index in [1.807, 2.05) is 39.0 Å². The molecule has 154 valence electrons. The molecule has 0 heterocycles. The number of amides is 1. The van der Waals surface area contributed by atoms with Crippen LogP contribution >= 0.6 is 12.2 Å². The Morgan fingerprint density at radius 2 is 1.97 bits per heavy atom. The van der Waals surface area contributed by atoms with E-state index in [1.165, 1.54) is 7.11 Å². The average molecular weight is 415 g/mol. The summed E-state index contributed by atoms with van der Waals surface area (Å²) in [6, 6.07) is 11.1. The normalized spacial score (nSPS) is 10.5. The fourth-order valence-electron chi connectivity index (χ4n) is 2.53. The molecule has 29 heavy (non-hydrogen) atoms. The number of benzene rings is 2. The Morgan fingerprint density at radius 3 is 2.66 bits per heavy atom. The van der Waals surface area contributed by atoms with Gasteiger partial charge in [0.1, 0.15) is 0 Å². The van der Waals surface area contributed by atoms with Crippen molar-refractivity contribution in [1.82, 2.24) is 10.7 Å². The van der Waals surface area contributed by atoms with Crippen molar-refractivity contribution in [3.8, 4) is 11.5 Å². The summed E-state index contributed by atoms with van der Waals surface area (Å²) in [4.78, 5) is 12.2. The van der Waals surface area contributed by atoms with E-state index >= 15 is 0 Å². The molecule has 0 saturated carbocycles. The number of nitrogens with zero attached hydrogens (tertiary/aromatic N) is 1. The molecule has 0 saturated heterocycles. The van der Waals surface area contributed by atoms with Crippen LogP contribution in [0.15, 0.2) is 41.5 Å². The first-order valence-electron chi connectivity index (χ1n) is 9.17. The molecule has 0 fully saturated rings. The number of nitrogens with one attached hydrogen (secondary N) is 3. The van der Waals surface area contributed by atoms with Gasteiger partial charge in [-0.25, -0.2) is 0 Å². The minimum atomic E-state index is -0.245. The highest BCUT2D eigenvalue weighted by molar-refractivity contribution is 7.80. The predicted octanol–water partition coefficient (Wildman–Crippen LogP) is 3.15. The lowest BCUT2D eigenvalue weighted by Crippen LogP contribution is -2.31. The summed E-state index contributed by atoms with van der Waals surface area (Å²) < 4.78 is 11.0. The number of ether oxygens (including phenoxy) is 2. The average Bonchev–Trinajstić information content (AvgIpc) is 2.69. The summed E-state index contributed by atoms with van der Waals surface area (Å²) in [6.45, 7) is 6.50. The van der Waals surface area contributed by atoms with Crippen molar-refractivity contribution in [2.75, 3.05) is 25.6 Å². The van der Waals surface area contributed by atoms with Gasteiger partial charge in [-0.1, -0.05) is 17.7 Å². The van der Waals surface area contributed by atoms with Crippen molar-refractivity contribution in [1.29, 1.82) is 0 Å². The molecule has 7 nitrogen and oxygen atoms in total. The van der Waals surface area contributed by atoms with Crippen molar-refractivity contribution in [2.24, 2.45) is 5.10 Å². The Balaban J connectivity index is 1.95. The van der Waals surface area contributed by atoms with Gasteiger partial charge in [0.25, 0.3) is 5.91 Å². The lowest BCUT2D eigenvalue weighted by Gasteiger charge is -2.12. The first-order chi connectivity index (χ1) is 13.9. The highest BCUT2D eigenvalue weighted by atomic mass is 32.1. The van der Waals surface area contributed by atoms with Crippen LogP contribution in [-0.4, -0.2) is 37.5 Å². The van der Waals surface area contributed by atoms with Crippen molar-refractivity contribution in [3.05, 3.63) is 53.1 Å². The van der Waals surface area contributed by atoms with Crippen LogP contribution in [0.25, 0.3) is 0 Å². The second-order valence-corrected chi connectivity index (χ2v) is 6.70. The zero-order valence-corrected chi connectivity index (χ0v) is 17.9. The molecule has 2 rings (SSSR count). The van der Waals surface area contributed by atoms with E-state index in [0.29, 0.717) is 16.6 Å². The molecule has 2 aromatic carbocycles. The molecule has 0 atom stereocenters. The van der Waals surface area contributed by atoms with E-state index in [-0.39, 0.29) is 12.5 Å². The molecule has 0 aliphatic carbocycles. The van der Waals surface area contributed by atoms with Crippen LogP contribution < -0.4 is 25.5 Å². The molecule has 0 aliphatic rings. The Labute approximate surface area is 176 Å². The Hall–Kier alpha value is -3.13. The second-order valence-electron chi connectivity index (χ2n) is 6.29. The van der Waals surface area contributed by atoms with Crippen molar-refractivity contribution in [2.45, 2.75) is 20.8 Å². The second kappa shape index (κ2) is 11.0. The Kier molecular flexibility index (Phi) is 8.42. The number of hydrogen-bond acceptors (Lipinski definition) is 5. The molecule has 8 heteroatoms. The summed E-state index contributed by atoms with van der Waals surface area (Å²) in [5.74, 6) is 0.727. The van der Waals surface area contributed by atoms with Crippen LogP contribution in [0.2, 0.25) is 0 Å². The fourth-order valence-corrected chi connectivity index (χ4v) is 2.73. The van der Waals surface area contributed by atoms with E-state index in [2.05, 4.69) is 21.2 Å². The zero-order chi connectivity index (χ0) is 21.2. The third kappa shape index (κ3) is 7.08. The van der Waals surface area contributed by atoms with Gasteiger partial charge in [-0.3, -0.25) is 10.2 Å². The van der Waals surface area contributed by atoms with E-state index in [1.54, 1.807) is 24.4 Å². The highest BCUT2D eigenvalue weighted by Crippen LogP contribution is 2.27. The molecule has 1 amide bonds. The molecule has 0 aromatic heterocycles.